The monoisotopic (exact) mass is 297 g/mol. The fraction of sp³-hybridized carbons (Fsp3) is 0.500. The number of ether oxygens (including phenoxy) is 1. The van der Waals surface area contributed by atoms with Gasteiger partial charge >= 0.3 is 11.7 Å². The van der Waals surface area contributed by atoms with Gasteiger partial charge in [-0.1, -0.05) is 0 Å². The molecule has 1 aliphatic rings. The number of hydrogen-bond acceptors (Lipinski definition) is 7. The number of morpholine rings is 1. The highest BCUT2D eigenvalue weighted by Gasteiger charge is 2.32. The number of hydrogen-bond donors (Lipinski definition) is 2. The maximum absolute atomic E-state index is 11.2. The predicted octanol–water partition coefficient (Wildman–Crippen LogP) is 0.274. The lowest BCUT2D eigenvalue weighted by molar-refractivity contribution is -0.384. The standard InChI is InChI=1S/C12H15N3O6/c1-7-6-21-9(5-16)4-14(7)11-10(15(19)20)2-8(3-13-11)12(17)18/h2-3,7,9,16H,4-6H2,1H3,(H,17,18). The molecule has 2 rings (SSSR count). The molecule has 0 amide bonds. The fourth-order valence-electron chi connectivity index (χ4n) is 2.14. The van der Waals surface area contributed by atoms with Crippen molar-refractivity contribution in [3.05, 3.63) is 27.9 Å². The van der Waals surface area contributed by atoms with Crippen LogP contribution in [0.15, 0.2) is 12.3 Å². The van der Waals surface area contributed by atoms with Crippen molar-refractivity contribution < 1.29 is 24.7 Å². The van der Waals surface area contributed by atoms with Crippen LogP contribution in [0.2, 0.25) is 0 Å². The lowest BCUT2D eigenvalue weighted by atomic mass is 10.1. The summed E-state index contributed by atoms with van der Waals surface area (Å²) in [6.07, 6.45) is 0.627. The summed E-state index contributed by atoms with van der Waals surface area (Å²) < 4.78 is 5.37. The maximum atomic E-state index is 11.2. The van der Waals surface area contributed by atoms with Gasteiger partial charge in [0.15, 0.2) is 0 Å². The topological polar surface area (TPSA) is 126 Å². The number of aliphatic hydroxyl groups excluding tert-OH is 1. The first kappa shape index (κ1) is 15.1. The minimum absolute atomic E-state index is 0.0826. The van der Waals surface area contributed by atoms with Crippen LogP contribution in [0.5, 0.6) is 0 Å². The van der Waals surface area contributed by atoms with Crippen LogP contribution in [0.4, 0.5) is 11.5 Å². The van der Waals surface area contributed by atoms with Crippen LogP contribution in [-0.2, 0) is 4.74 Å². The van der Waals surface area contributed by atoms with Gasteiger partial charge in [-0.25, -0.2) is 9.78 Å². The third-order valence-corrected chi connectivity index (χ3v) is 3.27. The normalized spacial score (nSPS) is 22.1. The molecular weight excluding hydrogens is 282 g/mol. The summed E-state index contributed by atoms with van der Waals surface area (Å²) >= 11 is 0. The molecule has 1 saturated heterocycles. The van der Waals surface area contributed by atoms with Gasteiger partial charge in [0.25, 0.3) is 0 Å². The summed E-state index contributed by atoms with van der Waals surface area (Å²) in [4.78, 5) is 27.0. The lowest BCUT2D eigenvalue weighted by Crippen LogP contribution is -2.50. The van der Waals surface area contributed by atoms with Gasteiger partial charge in [-0.2, -0.15) is 0 Å². The Kier molecular flexibility index (Phi) is 4.34. The third-order valence-electron chi connectivity index (χ3n) is 3.27. The molecule has 2 unspecified atom stereocenters. The van der Waals surface area contributed by atoms with Crippen LogP contribution in [0, 0.1) is 10.1 Å². The molecule has 1 aromatic heterocycles. The van der Waals surface area contributed by atoms with E-state index < -0.39 is 17.0 Å². The number of aromatic nitrogens is 1. The van der Waals surface area contributed by atoms with Crippen molar-refractivity contribution in [2.45, 2.75) is 19.1 Å². The van der Waals surface area contributed by atoms with E-state index in [4.69, 9.17) is 14.9 Å². The fourth-order valence-corrected chi connectivity index (χ4v) is 2.14. The zero-order valence-electron chi connectivity index (χ0n) is 11.3. The molecule has 0 radical (unpaired) electrons. The van der Waals surface area contributed by atoms with E-state index in [9.17, 15) is 14.9 Å². The summed E-state index contributed by atoms with van der Waals surface area (Å²) in [6, 6.07) is 0.815. The maximum Gasteiger partial charge on any atom is 0.337 e. The van der Waals surface area contributed by atoms with Crippen LogP contribution in [0.1, 0.15) is 17.3 Å². The van der Waals surface area contributed by atoms with E-state index >= 15 is 0 Å². The second-order valence-corrected chi connectivity index (χ2v) is 4.77. The Morgan fingerprint density at radius 2 is 2.38 bits per heavy atom. The van der Waals surface area contributed by atoms with E-state index in [1.165, 1.54) is 0 Å². The summed E-state index contributed by atoms with van der Waals surface area (Å²) in [5.41, 5.74) is -0.620. The largest absolute Gasteiger partial charge is 0.478 e. The molecule has 2 heterocycles. The van der Waals surface area contributed by atoms with Crippen LogP contribution in [0.25, 0.3) is 0 Å². The number of carbonyl (C=O) groups is 1. The number of rotatable bonds is 4. The zero-order valence-corrected chi connectivity index (χ0v) is 11.3. The molecule has 2 atom stereocenters. The number of anilines is 1. The molecule has 0 aliphatic carbocycles. The molecule has 9 nitrogen and oxygen atoms in total. The smallest absolute Gasteiger partial charge is 0.337 e. The number of nitrogens with zero attached hydrogens (tertiary/aromatic N) is 3. The molecule has 114 valence electrons. The molecule has 0 spiro atoms. The van der Waals surface area contributed by atoms with Crippen LogP contribution < -0.4 is 4.90 Å². The number of aromatic carboxylic acids is 1. The first-order valence-electron chi connectivity index (χ1n) is 6.31. The van der Waals surface area contributed by atoms with Gasteiger partial charge in [0.05, 0.1) is 35.8 Å². The quantitative estimate of drug-likeness (QED) is 0.599. The first-order valence-corrected chi connectivity index (χ1v) is 6.31. The van der Waals surface area contributed by atoms with E-state index in [1.54, 1.807) is 4.90 Å². The molecule has 1 fully saturated rings. The van der Waals surface area contributed by atoms with Gasteiger partial charge in [-0.05, 0) is 6.92 Å². The van der Waals surface area contributed by atoms with Crippen LogP contribution in [0.3, 0.4) is 0 Å². The first-order chi connectivity index (χ1) is 9.93. The highest BCUT2D eigenvalue weighted by Crippen LogP contribution is 2.30. The number of carboxylic acids is 1. The zero-order chi connectivity index (χ0) is 15.6. The molecule has 1 aliphatic heterocycles. The summed E-state index contributed by atoms with van der Waals surface area (Å²) in [6.45, 7) is 2.15. The number of carboxylic acid groups (broad SMARTS) is 1. The van der Waals surface area contributed by atoms with Gasteiger partial charge in [0, 0.05) is 18.8 Å². The Balaban J connectivity index is 2.41. The van der Waals surface area contributed by atoms with E-state index in [0.717, 1.165) is 12.3 Å². The van der Waals surface area contributed by atoms with Gasteiger partial charge in [-0.3, -0.25) is 10.1 Å². The van der Waals surface area contributed by atoms with E-state index in [0.29, 0.717) is 6.61 Å². The molecular formula is C12H15N3O6. The molecule has 2 N–H and O–H groups in total. The molecule has 0 saturated carbocycles. The SMILES string of the molecule is CC1COC(CO)CN1c1ncc(C(=O)O)cc1[N+](=O)[O-]. The Bertz CT molecular complexity index is 564. The molecule has 0 bridgehead atoms. The van der Waals surface area contributed by atoms with Crippen molar-refractivity contribution in [2.75, 3.05) is 24.7 Å². The van der Waals surface area contributed by atoms with E-state index in [2.05, 4.69) is 4.98 Å². The van der Waals surface area contributed by atoms with Gasteiger partial charge < -0.3 is 19.8 Å². The van der Waals surface area contributed by atoms with Gasteiger partial charge in [0.1, 0.15) is 0 Å². The number of pyridine rings is 1. The van der Waals surface area contributed by atoms with E-state index in [-0.39, 0.29) is 36.3 Å². The Morgan fingerprint density at radius 3 is 2.95 bits per heavy atom. The number of aliphatic hydroxyl groups is 1. The van der Waals surface area contributed by atoms with Gasteiger partial charge in [0.2, 0.25) is 5.82 Å². The predicted molar refractivity (Wildman–Crippen MR) is 71.5 cm³/mol. The van der Waals surface area contributed by atoms with Crippen molar-refractivity contribution >= 4 is 17.5 Å². The average Bonchev–Trinajstić information content (AvgIpc) is 2.47. The van der Waals surface area contributed by atoms with Crippen molar-refractivity contribution in [3.8, 4) is 0 Å². The third kappa shape index (κ3) is 3.09. The van der Waals surface area contributed by atoms with E-state index in [1.807, 2.05) is 6.92 Å². The Labute approximate surface area is 119 Å². The Hall–Kier alpha value is -2.26. The highest BCUT2D eigenvalue weighted by atomic mass is 16.6. The average molecular weight is 297 g/mol. The lowest BCUT2D eigenvalue weighted by Gasteiger charge is -2.37. The molecule has 1 aromatic rings. The summed E-state index contributed by atoms with van der Waals surface area (Å²) in [5.74, 6) is -1.19. The molecule has 9 heteroatoms. The van der Waals surface area contributed by atoms with Crippen molar-refractivity contribution in [1.29, 1.82) is 0 Å². The second-order valence-electron chi connectivity index (χ2n) is 4.77. The van der Waals surface area contributed by atoms with Crippen molar-refractivity contribution in [3.63, 3.8) is 0 Å². The van der Waals surface area contributed by atoms with Crippen molar-refractivity contribution in [1.82, 2.24) is 4.98 Å². The minimum Gasteiger partial charge on any atom is -0.478 e. The summed E-state index contributed by atoms with van der Waals surface area (Å²) in [7, 11) is 0. The molecule has 21 heavy (non-hydrogen) atoms. The highest BCUT2D eigenvalue weighted by molar-refractivity contribution is 5.88. The summed E-state index contributed by atoms with van der Waals surface area (Å²) in [5, 5.41) is 29.2. The van der Waals surface area contributed by atoms with Crippen molar-refractivity contribution in [2.24, 2.45) is 0 Å². The number of nitro groups is 1. The van der Waals surface area contributed by atoms with Crippen LogP contribution >= 0.6 is 0 Å². The Morgan fingerprint density at radius 1 is 1.67 bits per heavy atom. The molecule has 0 aromatic carbocycles. The second kappa shape index (κ2) is 6.02. The van der Waals surface area contributed by atoms with Crippen LogP contribution in [-0.4, -0.2) is 58.0 Å². The minimum atomic E-state index is -1.28. The van der Waals surface area contributed by atoms with Gasteiger partial charge in [-0.15, -0.1) is 0 Å².